The van der Waals surface area contributed by atoms with Crippen molar-refractivity contribution in [1.29, 1.82) is 0 Å². The summed E-state index contributed by atoms with van der Waals surface area (Å²) in [5.41, 5.74) is 5.47. The third-order valence-corrected chi connectivity index (χ3v) is 7.77. The first kappa shape index (κ1) is 22.3. The monoisotopic (exact) mass is 430 g/mol. The fourth-order valence-electron chi connectivity index (χ4n) is 5.88. The summed E-state index contributed by atoms with van der Waals surface area (Å²) in [7, 11) is 0. The lowest BCUT2D eigenvalue weighted by Crippen LogP contribution is -2.38. The third-order valence-electron chi connectivity index (χ3n) is 7.77. The van der Waals surface area contributed by atoms with E-state index < -0.39 is 0 Å². The van der Waals surface area contributed by atoms with E-state index in [1.165, 1.54) is 16.7 Å². The van der Waals surface area contributed by atoms with Crippen LogP contribution >= 0.6 is 0 Å². The minimum Gasteiger partial charge on any atom is -0.508 e. The van der Waals surface area contributed by atoms with Crippen LogP contribution in [-0.4, -0.2) is 15.3 Å². The molecule has 0 spiro atoms. The van der Waals surface area contributed by atoms with Gasteiger partial charge < -0.3 is 15.3 Å². The lowest BCUT2D eigenvalue weighted by atomic mass is 9.58. The summed E-state index contributed by atoms with van der Waals surface area (Å²) in [6.07, 6.45) is 5.41. The van der Waals surface area contributed by atoms with Crippen LogP contribution in [0.15, 0.2) is 60.7 Å². The van der Waals surface area contributed by atoms with Crippen LogP contribution in [-0.2, 0) is 5.41 Å². The van der Waals surface area contributed by atoms with Gasteiger partial charge >= 0.3 is 0 Å². The number of benzene rings is 3. The van der Waals surface area contributed by atoms with Crippen molar-refractivity contribution in [2.24, 2.45) is 5.92 Å². The zero-order chi connectivity index (χ0) is 22.9. The average Bonchev–Trinajstić information content (AvgIpc) is 2.80. The lowest BCUT2D eigenvalue weighted by molar-refractivity contribution is 0.216. The summed E-state index contributed by atoms with van der Waals surface area (Å²) in [5, 5.41) is 30.0. The van der Waals surface area contributed by atoms with Crippen molar-refractivity contribution in [2.45, 2.75) is 64.2 Å². The number of hydrogen-bond donors (Lipinski definition) is 3. The molecule has 3 N–H and O–H groups in total. The molecule has 4 rings (SSSR count). The van der Waals surface area contributed by atoms with Crippen molar-refractivity contribution in [1.82, 2.24) is 0 Å². The Hall–Kier alpha value is -2.94. The standard InChI is InChI=1S/C29H34O3/c1-4-29(24-10-13-26(30)14-11-24,25-12-16-28(32)20(3)18-25)23-8-5-21(6-9-23)22-7-15-27(31)19(2)17-22/h7,10-18,21,23,30-32H,4-6,8-9H2,1-3H3. The molecule has 1 unspecified atom stereocenters. The number of hydrogen-bond acceptors (Lipinski definition) is 3. The highest BCUT2D eigenvalue weighted by atomic mass is 16.3. The smallest absolute Gasteiger partial charge is 0.118 e. The lowest BCUT2D eigenvalue weighted by Gasteiger charge is -2.45. The van der Waals surface area contributed by atoms with E-state index in [-0.39, 0.29) is 11.2 Å². The topological polar surface area (TPSA) is 60.7 Å². The molecule has 1 atom stereocenters. The van der Waals surface area contributed by atoms with Crippen LogP contribution in [0.25, 0.3) is 0 Å². The largest absolute Gasteiger partial charge is 0.508 e. The number of aryl methyl sites for hydroxylation is 2. The molecule has 1 fully saturated rings. The predicted octanol–water partition coefficient (Wildman–Crippen LogP) is 7.09. The van der Waals surface area contributed by atoms with E-state index in [4.69, 9.17) is 0 Å². The highest BCUT2D eigenvalue weighted by Gasteiger charge is 2.42. The summed E-state index contributed by atoms with van der Waals surface area (Å²) in [6.45, 7) is 6.18. The van der Waals surface area contributed by atoms with Gasteiger partial charge in [-0.2, -0.15) is 0 Å². The molecule has 1 aliphatic rings. The van der Waals surface area contributed by atoms with Gasteiger partial charge in [0, 0.05) is 5.41 Å². The Bertz CT molecular complexity index is 1080. The van der Waals surface area contributed by atoms with E-state index in [9.17, 15) is 15.3 Å². The van der Waals surface area contributed by atoms with E-state index in [1.54, 1.807) is 12.1 Å². The van der Waals surface area contributed by atoms with Gasteiger partial charge in [0.25, 0.3) is 0 Å². The number of phenolic OH excluding ortho intramolecular Hbond substituents is 3. The minimum absolute atomic E-state index is 0.165. The second-order valence-electron chi connectivity index (χ2n) is 9.47. The summed E-state index contributed by atoms with van der Waals surface area (Å²) >= 11 is 0. The van der Waals surface area contributed by atoms with Gasteiger partial charge in [0.1, 0.15) is 17.2 Å². The van der Waals surface area contributed by atoms with Crippen LogP contribution in [0, 0.1) is 19.8 Å². The Kier molecular flexibility index (Phi) is 6.19. The Labute approximate surface area is 191 Å². The zero-order valence-corrected chi connectivity index (χ0v) is 19.3. The van der Waals surface area contributed by atoms with Gasteiger partial charge in [0.15, 0.2) is 0 Å². The number of rotatable bonds is 5. The molecule has 0 amide bonds. The maximum atomic E-state index is 10.2. The molecule has 0 radical (unpaired) electrons. The summed E-state index contributed by atoms with van der Waals surface area (Å²) < 4.78 is 0. The molecule has 32 heavy (non-hydrogen) atoms. The van der Waals surface area contributed by atoms with E-state index >= 15 is 0 Å². The van der Waals surface area contributed by atoms with E-state index in [0.29, 0.717) is 23.3 Å². The van der Waals surface area contributed by atoms with Crippen LogP contribution in [0.3, 0.4) is 0 Å². The fraction of sp³-hybridized carbons (Fsp3) is 0.379. The van der Waals surface area contributed by atoms with Crippen molar-refractivity contribution in [3.63, 3.8) is 0 Å². The van der Waals surface area contributed by atoms with E-state index in [2.05, 4.69) is 43.3 Å². The second-order valence-corrected chi connectivity index (χ2v) is 9.47. The van der Waals surface area contributed by atoms with Crippen molar-refractivity contribution >= 4 is 0 Å². The summed E-state index contributed by atoms with van der Waals surface area (Å²) in [6, 6.07) is 19.8. The minimum atomic E-state index is -0.165. The third kappa shape index (κ3) is 3.97. The molecule has 0 heterocycles. The van der Waals surface area contributed by atoms with Crippen molar-refractivity contribution < 1.29 is 15.3 Å². The highest BCUT2D eigenvalue weighted by molar-refractivity contribution is 5.47. The predicted molar refractivity (Wildman–Crippen MR) is 130 cm³/mol. The first-order valence-electron chi connectivity index (χ1n) is 11.7. The van der Waals surface area contributed by atoms with Gasteiger partial charge in [0.2, 0.25) is 0 Å². The fourth-order valence-corrected chi connectivity index (χ4v) is 5.88. The molecule has 0 aliphatic heterocycles. The molecule has 3 nitrogen and oxygen atoms in total. The van der Waals surface area contributed by atoms with Gasteiger partial charge in [-0.05, 0) is 110 Å². The van der Waals surface area contributed by atoms with Crippen LogP contribution < -0.4 is 0 Å². The Morgan fingerprint density at radius 1 is 0.719 bits per heavy atom. The summed E-state index contributed by atoms with van der Waals surface area (Å²) in [5.74, 6) is 1.96. The molecular formula is C29H34O3. The van der Waals surface area contributed by atoms with Gasteiger partial charge in [-0.3, -0.25) is 0 Å². The normalized spacial score (nSPS) is 20.6. The Morgan fingerprint density at radius 3 is 1.84 bits per heavy atom. The van der Waals surface area contributed by atoms with Crippen LogP contribution in [0.2, 0.25) is 0 Å². The van der Waals surface area contributed by atoms with E-state index in [1.807, 2.05) is 26.0 Å². The maximum Gasteiger partial charge on any atom is 0.118 e. The molecule has 0 bridgehead atoms. The van der Waals surface area contributed by atoms with Gasteiger partial charge in [-0.1, -0.05) is 43.3 Å². The molecular weight excluding hydrogens is 396 g/mol. The second kappa shape index (κ2) is 8.90. The Balaban J connectivity index is 1.70. The SMILES string of the molecule is CCC(c1ccc(O)cc1)(c1ccc(O)c(C)c1)C1CCC(c2ccc(O)c(C)c2)CC1. The van der Waals surface area contributed by atoms with Crippen molar-refractivity contribution in [2.75, 3.05) is 0 Å². The summed E-state index contributed by atoms with van der Waals surface area (Å²) in [4.78, 5) is 0. The highest BCUT2D eigenvalue weighted by Crippen LogP contribution is 2.51. The quantitative estimate of drug-likeness (QED) is 0.405. The van der Waals surface area contributed by atoms with Gasteiger partial charge in [-0.25, -0.2) is 0 Å². The molecule has 1 saturated carbocycles. The molecule has 3 heteroatoms. The average molecular weight is 431 g/mol. The first-order chi connectivity index (χ1) is 15.3. The van der Waals surface area contributed by atoms with Gasteiger partial charge in [0.05, 0.1) is 0 Å². The molecule has 3 aromatic carbocycles. The van der Waals surface area contributed by atoms with Crippen LogP contribution in [0.5, 0.6) is 17.2 Å². The molecule has 0 aromatic heterocycles. The molecule has 168 valence electrons. The zero-order valence-electron chi connectivity index (χ0n) is 19.3. The van der Waals surface area contributed by atoms with Crippen LogP contribution in [0.4, 0.5) is 0 Å². The molecule has 1 aliphatic carbocycles. The number of aromatic hydroxyl groups is 3. The molecule has 0 saturated heterocycles. The van der Waals surface area contributed by atoms with Crippen molar-refractivity contribution in [3.05, 3.63) is 88.5 Å². The van der Waals surface area contributed by atoms with E-state index in [0.717, 1.165) is 43.2 Å². The number of phenols is 3. The first-order valence-corrected chi connectivity index (χ1v) is 11.7. The van der Waals surface area contributed by atoms with Crippen LogP contribution in [0.1, 0.15) is 72.8 Å². The Morgan fingerprint density at radius 2 is 1.28 bits per heavy atom. The van der Waals surface area contributed by atoms with Crippen molar-refractivity contribution in [3.8, 4) is 17.2 Å². The maximum absolute atomic E-state index is 10.2. The van der Waals surface area contributed by atoms with Gasteiger partial charge in [-0.15, -0.1) is 0 Å². The molecule has 3 aromatic rings.